The maximum Gasteiger partial charge on any atom is 0.272 e. The van der Waals surface area contributed by atoms with Gasteiger partial charge in [0, 0.05) is 13.1 Å². The molecule has 2 N–H and O–H groups in total. The Bertz CT molecular complexity index is 439. The van der Waals surface area contributed by atoms with Crippen LogP contribution in [-0.2, 0) is 0 Å². The van der Waals surface area contributed by atoms with Gasteiger partial charge in [-0.1, -0.05) is 6.07 Å². The molecule has 0 bridgehead atoms. The third kappa shape index (κ3) is 2.61. The number of carbonyl (C=O) groups excluding carboxylic acids is 2. The molecule has 17 heavy (non-hydrogen) atoms. The Kier molecular flexibility index (Phi) is 3.37. The maximum atomic E-state index is 12.1. The summed E-state index contributed by atoms with van der Waals surface area (Å²) in [5, 5.41) is 0. The zero-order valence-electron chi connectivity index (χ0n) is 9.56. The van der Waals surface area contributed by atoms with Crippen molar-refractivity contribution in [2.24, 2.45) is 5.73 Å². The SMILES string of the molecule is NC(=O)c1cccc(C(=O)N2CCCCC2)n1. The fourth-order valence-corrected chi connectivity index (χ4v) is 1.95. The van der Waals surface area contributed by atoms with Crippen molar-refractivity contribution in [2.45, 2.75) is 19.3 Å². The van der Waals surface area contributed by atoms with Gasteiger partial charge in [-0.3, -0.25) is 9.59 Å². The molecule has 1 aliphatic heterocycles. The first kappa shape index (κ1) is 11.6. The first-order valence-corrected chi connectivity index (χ1v) is 5.74. The van der Waals surface area contributed by atoms with Gasteiger partial charge in [-0.25, -0.2) is 4.98 Å². The predicted octanol–water partition coefficient (Wildman–Crippen LogP) is 0.807. The minimum atomic E-state index is -0.613. The van der Waals surface area contributed by atoms with Gasteiger partial charge in [0.25, 0.3) is 11.8 Å². The van der Waals surface area contributed by atoms with Crippen LogP contribution in [0.2, 0.25) is 0 Å². The molecule has 1 aromatic heterocycles. The zero-order chi connectivity index (χ0) is 12.3. The van der Waals surface area contributed by atoms with Crippen LogP contribution in [0.4, 0.5) is 0 Å². The summed E-state index contributed by atoms with van der Waals surface area (Å²) in [6.07, 6.45) is 3.22. The van der Waals surface area contributed by atoms with E-state index in [4.69, 9.17) is 5.73 Å². The van der Waals surface area contributed by atoms with Crippen LogP contribution in [0.3, 0.4) is 0 Å². The fraction of sp³-hybridized carbons (Fsp3) is 0.417. The summed E-state index contributed by atoms with van der Waals surface area (Å²) in [6, 6.07) is 4.75. The Hall–Kier alpha value is -1.91. The van der Waals surface area contributed by atoms with E-state index in [9.17, 15) is 9.59 Å². The molecule has 1 fully saturated rings. The van der Waals surface area contributed by atoms with E-state index < -0.39 is 5.91 Å². The molecule has 0 radical (unpaired) electrons. The summed E-state index contributed by atoms with van der Waals surface area (Å²) >= 11 is 0. The van der Waals surface area contributed by atoms with Crippen LogP contribution in [0, 0.1) is 0 Å². The second-order valence-electron chi connectivity index (χ2n) is 4.13. The van der Waals surface area contributed by atoms with E-state index in [-0.39, 0.29) is 11.6 Å². The summed E-state index contributed by atoms with van der Waals surface area (Å²) in [5.74, 6) is -0.730. The Balaban J connectivity index is 2.18. The van der Waals surface area contributed by atoms with Gasteiger partial charge in [0.05, 0.1) is 0 Å². The van der Waals surface area contributed by atoms with Crippen molar-refractivity contribution in [3.63, 3.8) is 0 Å². The second kappa shape index (κ2) is 4.95. The Morgan fingerprint density at radius 2 is 1.76 bits per heavy atom. The van der Waals surface area contributed by atoms with Crippen LogP contribution >= 0.6 is 0 Å². The molecule has 0 saturated carbocycles. The minimum Gasteiger partial charge on any atom is -0.364 e. The summed E-state index contributed by atoms with van der Waals surface area (Å²) in [4.78, 5) is 28.8. The number of piperidine rings is 1. The molecule has 1 aliphatic rings. The minimum absolute atomic E-state index is 0.118. The lowest BCUT2D eigenvalue weighted by molar-refractivity contribution is 0.0718. The van der Waals surface area contributed by atoms with Crippen LogP contribution in [-0.4, -0.2) is 34.8 Å². The average Bonchev–Trinajstić information content (AvgIpc) is 2.39. The lowest BCUT2D eigenvalue weighted by atomic mass is 10.1. The highest BCUT2D eigenvalue weighted by atomic mass is 16.2. The molecule has 5 nitrogen and oxygen atoms in total. The van der Waals surface area contributed by atoms with Crippen molar-refractivity contribution in [1.82, 2.24) is 9.88 Å². The van der Waals surface area contributed by atoms with Gasteiger partial charge >= 0.3 is 0 Å². The van der Waals surface area contributed by atoms with Crippen molar-refractivity contribution in [3.05, 3.63) is 29.6 Å². The van der Waals surface area contributed by atoms with Gasteiger partial charge in [0.1, 0.15) is 11.4 Å². The quantitative estimate of drug-likeness (QED) is 0.821. The van der Waals surface area contributed by atoms with Gasteiger partial charge in [-0.15, -0.1) is 0 Å². The molecule has 5 heteroatoms. The topological polar surface area (TPSA) is 76.3 Å². The molecule has 2 rings (SSSR count). The molecule has 0 unspecified atom stereocenters. The standard InChI is InChI=1S/C12H15N3O2/c13-11(16)9-5-4-6-10(14-9)12(17)15-7-2-1-3-8-15/h4-6H,1-3,7-8H2,(H2,13,16). The van der Waals surface area contributed by atoms with E-state index in [1.54, 1.807) is 17.0 Å². The van der Waals surface area contributed by atoms with Crippen molar-refractivity contribution in [1.29, 1.82) is 0 Å². The molecular weight excluding hydrogens is 218 g/mol. The molecular formula is C12H15N3O2. The number of pyridine rings is 1. The lowest BCUT2D eigenvalue weighted by Crippen LogP contribution is -2.36. The molecule has 0 atom stereocenters. The van der Waals surface area contributed by atoms with Gasteiger partial charge in [0.15, 0.2) is 0 Å². The van der Waals surface area contributed by atoms with E-state index in [0.717, 1.165) is 25.9 Å². The summed E-state index contributed by atoms with van der Waals surface area (Å²) < 4.78 is 0. The number of nitrogens with two attached hydrogens (primary N) is 1. The van der Waals surface area contributed by atoms with E-state index in [2.05, 4.69) is 4.98 Å². The van der Waals surface area contributed by atoms with Crippen LogP contribution in [0.1, 0.15) is 40.2 Å². The summed E-state index contributed by atoms with van der Waals surface area (Å²) in [6.45, 7) is 1.53. The molecule has 0 aliphatic carbocycles. The molecule has 2 heterocycles. The Morgan fingerprint density at radius 1 is 1.12 bits per heavy atom. The van der Waals surface area contributed by atoms with Crippen molar-refractivity contribution < 1.29 is 9.59 Å². The number of nitrogens with zero attached hydrogens (tertiary/aromatic N) is 2. The van der Waals surface area contributed by atoms with Gasteiger partial charge in [-0.2, -0.15) is 0 Å². The van der Waals surface area contributed by atoms with Crippen LogP contribution < -0.4 is 5.73 Å². The number of carbonyl (C=O) groups is 2. The highest BCUT2D eigenvalue weighted by Crippen LogP contribution is 2.12. The fourth-order valence-electron chi connectivity index (χ4n) is 1.95. The molecule has 2 amide bonds. The van der Waals surface area contributed by atoms with Crippen molar-refractivity contribution in [3.8, 4) is 0 Å². The smallest absolute Gasteiger partial charge is 0.272 e. The van der Waals surface area contributed by atoms with Gasteiger partial charge < -0.3 is 10.6 Å². The van der Waals surface area contributed by atoms with Crippen LogP contribution in [0.5, 0.6) is 0 Å². The second-order valence-corrected chi connectivity index (χ2v) is 4.13. The maximum absolute atomic E-state index is 12.1. The molecule has 90 valence electrons. The van der Waals surface area contributed by atoms with Crippen LogP contribution in [0.25, 0.3) is 0 Å². The predicted molar refractivity (Wildman–Crippen MR) is 62.5 cm³/mol. The molecule has 0 aromatic carbocycles. The molecule has 0 spiro atoms. The van der Waals surface area contributed by atoms with E-state index >= 15 is 0 Å². The zero-order valence-corrected chi connectivity index (χ0v) is 9.56. The number of amides is 2. The van der Waals surface area contributed by atoms with E-state index in [0.29, 0.717) is 5.69 Å². The molecule has 1 saturated heterocycles. The number of primary amides is 1. The summed E-state index contributed by atoms with van der Waals surface area (Å²) in [5.41, 5.74) is 5.56. The normalized spacial score (nSPS) is 15.6. The lowest BCUT2D eigenvalue weighted by Gasteiger charge is -2.26. The Morgan fingerprint density at radius 3 is 2.41 bits per heavy atom. The first-order chi connectivity index (χ1) is 8.18. The highest BCUT2D eigenvalue weighted by molar-refractivity contribution is 5.95. The highest BCUT2D eigenvalue weighted by Gasteiger charge is 2.19. The number of hydrogen-bond donors (Lipinski definition) is 1. The number of aromatic nitrogens is 1. The number of hydrogen-bond acceptors (Lipinski definition) is 3. The number of rotatable bonds is 2. The van der Waals surface area contributed by atoms with Gasteiger partial charge in [-0.05, 0) is 31.4 Å². The third-order valence-corrected chi connectivity index (χ3v) is 2.86. The van der Waals surface area contributed by atoms with Crippen molar-refractivity contribution in [2.75, 3.05) is 13.1 Å². The van der Waals surface area contributed by atoms with Crippen LogP contribution in [0.15, 0.2) is 18.2 Å². The first-order valence-electron chi connectivity index (χ1n) is 5.74. The average molecular weight is 233 g/mol. The third-order valence-electron chi connectivity index (χ3n) is 2.86. The Labute approximate surface area is 99.6 Å². The monoisotopic (exact) mass is 233 g/mol. The van der Waals surface area contributed by atoms with E-state index in [1.165, 1.54) is 12.5 Å². The summed E-state index contributed by atoms with van der Waals surface area (Å²) in [7, 11) is 0. The molecule has 1 aromatic rings. The van der Waals surface area contributed by atoms with E-state index in [1.807, 2.05) is 0 Å². The van der Waals surface area contributed by atoms with Gasteiger partial charge in [0.2, 0.25) is 0 Å². The number of likely N-dealkylation sites (tertiary alicyclic amines) is 1. The largest absolute Gasteiger partial charge is 0.364 e. The van der Waals surface area contributed by atoms with Crippen molar-refractivity contribution >= 4 is 11.8 Å².